The molecule has 0 bridgehead atoms. The number of sulfonamides is 1. The number of rotatable bonds is 3. The summed E-state index contributed by atoms with van der Waals surface area (Å²) in [5.74, 6) is 0.0656. The molecule has 0 saturated carbocycles. The lowest BCUT2D eigenvalue weighted by molar-refractivity contribution is -0.135. The summed E-state index contributed by atoms with van der Waals surface area (Å²) < 4.78 is 27.2. The van der Waals surface area contributed by atoms with E-state index in [0.29, 0.717) is 31.1 Å². The predicted octanol–water partition coefficient (Wildman–Crippen LogP) is 0.580. The van der Waals surface area contributed by atoms with Crippen molar-refractivity contribution in [2.24, 2.45) is 0 Å². The third kappa shape index (κ3) is 3.41. The maximum atomic E-state index is 12.8. The Hall–Kier alpha value is -1.44. The molecule has 7 heteroatoms. The summed E-state index contributed by atoms with van der Waals surface area (Å²) in [5, 5.41) is 3.05. The van der Waals surface area contributed by atoms with Crippen LogP contribution < -0.4 is 5.32 Å². The van der Waals surface area contributed by atoms with Crippen molar-refractivity contribution in [3.8, 4) is 0 Å². The summed E-state index contributed by atoms with van der Waals surface area (Å²) >= 11 is 0. The molecule has 2 saturated heterocycles. The van der Waals surface area contributed by atoms with Crippen LogP contribution in [0.2, 0.25) is 0 Å². The zero-order valence-corrected chi connectivity index (χ0v) is 14.2. The first-order valence-corrected chi connectivity index (χ1v) is 9.49. The Balaban J connectivity index is 1.77. The molecule has 6 nitrogen and oxygen atoms in total. The van der Waals surface area contributed by atoms with Crippen LogP contribution in [0.1, 0.15) is 18.4 Å². The van der Waals surface area contributed by atoms with E-state index in [9.17, 15) is 13.2 Å². The van der Waals surface area contributed by atoms with Crippen molar-refractivity contribution >= 4 is 15.9 Å². The average Bonchev–Trinajstić information content (AvgIpc) is 2.56. The maximum absolute atomic E-state index is 12.8. The van der Waals surface area contributed by atoms with Gasteiger partial charge in [0.2, 0.25) is 15.9 Å². The number of carbonyl (C=O) groups excluding carboxylic acids is 1. The molecule has 126 valence electrons. The fraction of sp³-hybridized carbons (Fsp3) is 0.562. The zero-order valence-electron chi connectivity index (χ0n) is 13.4. The molecular weight excluding hydrogens is 314 g/mol. The van der Waals surface area contributed by atoms with E-state index >= 15 is 0 Å². The molecule has 2 heterocycles. The highest BCUT2D eigenvalue weighted by molar-refractivity contribution is 7.89. The molecule has 0 aromatic heterocycles. The minimum absolute atomic E-state index is 0.0152. The van der Waals surface area contributed by atoms with Crippen molar-refractivity contribution in [1.29, 1.82) is 0 Å². The predicted molar refractivity (Wildman–Crippen MR) is 87.5 cm³/mol. The molecule has 1 aromatic rings. The summed E-state index contributed by atoms with van der Waals surface area (Å²) in [6, 6.07) is 6.93. The summed E-state index contributed by atoms with van der Waals surface area (Å²) in [6.07, 6.45) is 1.65. The molecule has 1 amide bonds. The van der Waals surface area contributed by atoms with Gasteiger partial charge in [0.05, 0.1) is 11.4 Å². The normalized spacial score (nSPS) is 24.0. The Morgan fingerprint density at radius 1 is 1.17 bits per heavy atom. The van der Waals surface area contributed by atoms with Crippen molar-refractivity contribution in [2.45, 2.75) is 30.7 Å². The summed E-state index contributed by atoms with van der Waals surface area (Å²) in [5.41, 5.74) is 1.03. The number of hydrogen-bond donors (Lipinski definition) is 1. The van der Waals surface area contributed by atoms with Crippen molar-refractivity contribution in [3.63, 3.8) is 0 Å². The number of piperidine rings is 1. The third-order valence-electron chi connectivity index (χ3n) is 4.58. The van der Waals surface area contributed by atoms with Crippen molar-refractivity contribution in [3.05, 3.63) is 29.8 Å². The van der Waals surface area contributed by atoms with E-state index in [-0.39, 0.29) is 11.9 Å². The van der Waals surface area contributed by atoms with Gasteiger partial charge in [-0.15, -0.1) is 0 Å². The number of benzene rings is 1. The largest absolute Gasteiger partial charge is 0.336 e. The lowest BCUT2D eigenvalue weighted by atomic mass is 10.1. The van der Waals surface area contributed by atoms with Crippen LogP contribution in [0.3, 0.4) is 0 Å². The maximum Gasteiger partial charge on any atom is 0.243 e. The SMILES string of the molecule is Cc1ccc(S(=O)(=O)N2CCCC(N3CCNCC3=O)C2)cc1. The van der Waals surface area contributed by atoms with Crippen LogP contribution in [0, 0.1) is 6.92 Å². The zero-order chi connectivity index (χ0) is 16.4. The lowest BCUT2D eigenvalue weighted by Gasteiger charge is -2.40. The molecule has 23 heavy (non-hydrogen) atoms. The fourth-order valence-electron chi connectivity index (χ4n) is 3.26. The Bertz CT molecular complexity index is 672. The first-order valence-electron chi connectivity index (χ1n) is 8.05. The highest BCUT2D eigenvalue weighted by atomic mass is 32.2. The number of nitrogens with one attached hydrogen (secondary N) is 1. The van der Waals surface area contributed by atoms with E-state index in [4.69, 9.17) is 0 Å². The number of amides is 1. The smallest absolute Gasteiger partial charge is 0.243 e. The summed E-state index contributed by atoms with van der Waals surface area (Å²) in [4.78, 5) is 14.2. The van der Waals surface area contributed by atoms with Crippen molar-refractivity contribution < 1.29 is 13.2 Å². The van der Waals surface area contributed by atoms with Gasteiger partial charge < -0.3 is 10.2 Å². The van der Waals surface area contributed by atoms with Crippen LogP contribution in [0.5, 0.6) is 0 Å². The van der Waals surface area contributed by atoms with Crippen LogP contribution in [-0.4, -0.2) is 62.3 Å². The number of nitrogens with zero attached hydrogens (tertiary/aromatic N) is 2. The van der Waals surface area contributed by atoms with Gasteiger partial charge in [-0.25, -0.2) is 8.42 Å². The number of hydrogen-bond acceptors (Lipinski definition) is 4. The van der Waals surface area contributed by atoms with E-state index in [1.165, 1.54) is 4.31 Å². The Morgan fingerprint density at radius 2 is 1.91 bits per heavy atom. The summed E-state index contributed by atoms with van der Waals surface area (Å²) in [7, 11) is -3.49. The van der Waals surface area contributed by atoms with E-state index in [0.717, 1.165) is 24.9 Å². The van der Waals surface area contributed by atoms with Gasteiger partial charge in [-0.1, -0.05) is 17.7 Å². The molecule has 3 rings (SSSR count). The second kappa shape index (κ2) is 6.59. The molecule has 1 unspecified atom stereocenters. The second-order valence-electron chi connectivity index (χ2n) is 6.24. The van der Waals surface area contributed by atoms with Gasteiger partial charge in [-0.2, -0.15) is 4.31 Å². The fourth-order valence-corrected chi connectivity index (χ4v) is 4.78. The minimum atomic E-state index is -3.49. The Morgan fingerprint density at radius 3 is 2.61 bits per heavy atom. The van der Waals surface area contributed by atoms with Gasteiger partial charge >= 0.3 is 0 Å². The topological polar surface area (TPSA) is 69.7 Å². The molecule has 0 spiro atoms. The molecule has 1 aromatic carbocycles. The Labute approximate surface area is 137 Å². The minimum Gasteiger partial charge on any atom is -0.336 e. The van der Waals surface area contributed by atoms with Crippen LogP contribution in [0.4, 0.5) is 0 Å². The number of piperazine rings is 1. The van der Waals surface area contributed by atoms with Gasteiger partial charge in [0.15, 0.2) is 0 Å². The average molecular weight is 337 g/mol. The Kier molecular flexibility index (Phi) is 4.70. The van der Waals surface area contributed by atoms with E-state index in [1.807, 2.05) is 24.0 Å². The van der Waals surface area contributed by atoms with Gasteiger partial charge in [0, 0.05) is 32.2 Å². The molecule has 2 aliphatic rings. The summed E-state index contributed by atoms with van der Waals surface area (Å²) in [6.45, 7) is 4.62. The van der Waals surface area contributed by atoms with E-state index in [1.54, 1.807) is 12.1 Å². The van der Waals surface area contributed by atoms with E-state index < -0.39 is 10.0 Å². The van der Waals surface area contributed by atoms with Crippen LogP contribution in [-0.2, 0) is 14.8 Å². The number of aryl methyl sites for hydroxylation is 1. The second-order valence-corrected chi connectivity index (χ2v) is 8.17. The molecule has 1 N–H and O–H groups in total. The van der Waals surface area contributed by atoms with Gasteiger partial charge in [0.25, 0.3) is 0 Å². The monoisotopic (exact) mass is 337 g/mol. The molecule has 1 atom stereocenters. The highest BCUT2D eigenvalue weighted by Crippen LogP contribution is 2.23. The van der Waals surface area contributed by atoms with Gasteiger partial charge in [-0.3, -0.25) is 4.79 Å². The van der Waals surface area contributed by atoms with Crippen molar-refractivity contribution in [2.75, 3.05) is 32.7 Å². The first kappa shape index (κ1) is 16.4. The quantitative estimate of drug-likeness (QED) is 0.876. The van der Waals surface area contributed by atoms with Crippen molar-refractivity contribution in [1.82, 2.24) is 14.5 Å². The lowest BCUT2D eigenvalue weighted by Crippen LogP contribution is -2.57. The first-order chi connectivity index (χ1) is 11.0. The van der Waals surface area contributed by atoms with Gasteiger partial charge in [-0.05, 0) is 31.9 Å². The number of carbonyl (C=O) groups is 1. The molecule has 2 aliphatic heterocycles. The molecule has 0 radical (unpaired) electrons. The van der Waals surface area contributed by atoms with Crippen LogP contribution in [0.15, 0.2) is 29.2 Å². The van der Waals surface area contributed by atoms with Gasteiger partial charge in [0.1, 0.15) is 0 Å². The molecular formula is C16H23N3O3S. The molecule has 2 fully saturated rings. The van der Waals surface area contributed by atoms with Crippen LogP contribution in [0.25, 0.3) is 0 Å². The van der Waals surface area contributed by atoms with Crippen LogP contribution >= 0.6 is 0 Å². The highest BCUT2D eigenvalue weighted by Gasteiger charge is 2.35. The third-order valence-corrected chi connectivity index (χ3v) is 6.46. The van der Waals surface area contributed by atoms with E-state index in [2.05, 4.69) is 5.32 Å². The standard InChI is InChI=1S/C16H23N3O3S/c1-13-4-6-15(7-5-13)23(21,22)18-9-2-3-14(12-18)19-10-8-17-11-16(19)20/h4-7,14,17H,2-3,8-12H2,1H3. The molecule has 0 aliphatic carbocycles.